The Bertz CT molecular complexity index is 276. The summed E-state index contributed by atoms with van der Waals surface area (Å²) in [7, 11) is 7.64. The van der Waals surface area contributed by atoms with Gasteiger partial charge in [-0.25, -0.2) is 4.79 Å². The van der Waals surface area contributed by atoms with Crippen LogP contribution < -0.4 is 5.32 Å². The molecule has 0 saturated carbocycles. The van der Waals surface area contributed by atoms with Crippen molar-refractivity contribution in [2.45, 2.75) is 18.6 Å². The fourth-order valence-corrected chi connectivity index (χ4v) is 0.748. The molecule has 7 heteroatoms. The number of hydrogen-bond acceptors (Lipinski definition) is 5. The molecule has 0 aromatic rings. The van der Waals surface area contributed by atoms with E-state index in [1.807, 2.05) is 20.1 Å². The highest BCUT2D eigenvalue weighted by atomic mass is 32.2. The minimum Gasteiger partial charge on any atom is -0.391 e. The van der Waals surface area contributed by atoms with Crippen LogP contribution in [0.15, 0.2) is 5.16 Å². The summed E-state index contributed by atoms with van der Waals surface area (Å²) in [5.74, 6) is 0. The predicted molar refractivity (Wildman–Crippen MR) is 81.6 cm³/mol. The number of thioether (sulfide) groups is 1. The van der Waals surface area contributed by atoms with E-state index in [2.05, 4.69) is 36.5 Å². The molecule has 0 spiro atoms. The van der Waals surface area contributed by atoms with E-state index in [1.165, 1.54) is 7.05 Å². The van der Waals surface area contributed by atoms with Crippen molar-refractivity contribution in [1.29, 1.82) is 0 Å². The number of aliphatic hydroxyl groups is 1. The Morgan fingerprint density at radius 1 is 1.47 bits per heavy atom. The summed E-state index contributed by atoms with van der Waals surface area (Å²) in [5, 5.41) is 14.2. The van der Waals surface area contributed by atoms with Gasteiger partial charge in [0.25, 0.3) is 0 Å². The number of aliphatic hydroxyl groups excluding tert-OH is 1. The van der Waals surface area contributed by atoms with Gasteiger partial charge in [0.2, 0.25) is 0 Å². The van der Waals surface area contributed by atoms with E-state index in [9.17, 15) is 4.79 Å². The summed E-state index contributed by atoms with van der Waals surface area (Å²) in [6.07, 6.45) is 3.00. The van der Waals surface area contributed by atoms with E-state index in [0.29, 0.717) is 0 Å². The van der Waals surface area contributed by atoms with E-state index in [-0.39, 0.29) is 11.4 Å². The molecule has 0 atom stereocenters. The Labute approximate surface area is 120 Å². The van der Waals surface area contributed by atoms with Crippen LogP contribution in [0.4, 0.5) is 4.79 Å². The number of nitrogens with one attached hydrogen (secondary N) is 1. The van der Waals surface area contributed by atoms with E-state index in [0.717, 1.165) is 11.0 Å². The predicted octanol–water partition coefficient (Wildman–Crippen LogP) is 1.15. The molecule has 6 nitrogen and oxygen atoms in total. The maximum atomic E-state index is 10.5. The first kappa shape index (κ1) is 20.5. The first-order valence-electron chi connectivity index (χ1n) is 5.97. The quantitative estimate of drug-likeness (QED) is 0.345. The molecule has 0 aliphatic rings. The molecule has 0 heterocycles. The molecule has 0 rings (SSSR count). The number of quaternary nitrogens is 1. The molecule has 0 unspecified atom stereocenters. The van der Waals surface area contributed by atoms with Gasteiger partial charge in [0.05, 0.1) is 34.0 Å². The van der Waals surface area contributed by atoms with Gasteiger partial charge in [0, 0.05) is 11.8 Å². The second kappa shape index (κ2) is 10.1. The van der Waals surface area contributed by atoms with Crippen molar-refractivity contribution in [1.82, 2.24) is 5.32 Å². The Morgan fingerprint density at radius 2 is 2.00 bits per heavy atom. The van der Waals surface area contributed by atoms with Crippen molar-refractivity contribution in [3.05, 3.63) is 0 Å². The molecule has 0 radical (unpaired) electrons. The number of rotatable bonds is 5. The topological polar surface area (TPSA) is 70.9 Å². The highest BCUT2D eigenvalue weighted by Gasteiger charge is 2.12. The monoisotopic (exact) mass is 294 g/mol. The van der Waals surface area contributed by atoms with Crippen LogP contribution in [-0.4, -0.2) is 74.2 Å². The molecule has 0 aliphatic heterocycles. The smallest absolute Gasteiger partial charge is 0.391 e. The number of amides is 1. The SMILES string of the molecule is CNC(=O)O/N=C/C(C)(C)SC.C[N+](C)(C)CCO. The lowest BCUT2D eigenvalue weighted by Crippen LogP contribution is -2.36. The van der Waals surface area contributed by atoms with Gasteiger partial charge in [-0.05, 0) is 20.1 Å². The first-order chi connectivity index (χ1) is 8.58. The number of hydrogen-bond donors (Lipinski definition) is 2. The van der Waals surface area contributed by atoms with Gasteiger partial charge in [-0.1, -0.05) is 5.16 Å². The van der Waals surface area contributed by atoms with Gasteiger partial charge in [0.1, 0.15) is 6.54 Å². The molecule has 0 aliphatic carbocycles. The van der Waals surface area contributed by atoms with Crippen LogP contribution in [0.3, 0.4) is 0 Å². The minimum absolute atomic E-state index is 0.103. The number of carbonyl (C=O) groups excluding carboxylic acids is 1. The summed E-state index contributed by atoms with van der Waals surface area (Å²) in [6.45, 7) is 5.08. The fourth-order valence-electron chi connectivity index (χ4n) is 0.599. The highest BCUT2D eigenvalue weighted by molar-refractivity contribution is 8.00. The summed E-state index contributed by atoms with van der Waals surface area (Å²) < 4.78 is 0.741. The van der Waals surface area contributed by atoms with Gasteiger partial charge < -0.3 is 14.9 Å². The third kappa shape index (κ3) is 17.2. The summed E-state index contributed by atoms with van der Waals surface area (Å²) in [5.41, 5.74) is 0. The number of carbonyl (C=O) groups is 1. The van der Waals surface area contributed by atoms with Crippen LogP contribution in [0, 0.1) is 0 Å². The minimum atomic E-state index is -0.553. The Balaban J connectivity index is 0. The number of nitrogens with zero attached hydrogens (tertiary/aromatic N) is 2. The lowest BCUT2D eigenvalue weighted by Gasteiger charge is -2.21. The molecule has 0 aromatic heterocycles. The number of oxime groups is 1. The van der Waals surface area contributed by atoms with Crippen molar-refractivity contribution < 1.29 is 19.2 Å². The van der Waals surface area contributed by atoms with Gasteiger partial charge in [-0.15, -0.1) is 0 Å². The van der Waals surface area contributed by atoms with Gasteiger partial charge in [-0.2, -0.15) is 11.8 Å². The van der Waals surface area contributed by atoms with Crippen LogP contribution in [0.2, 0.25) is 0 Å². The van der Waals surface area contributed by atoms with Gasteiger partial charge >= 0.3 is 6.09 Å². The molecular formula is C12H28N3O3S+. The summed E-state index contributed by atoms with van der Waals surface area (Å²) in [6, 6.07) is 0. The molecule has 114 valence electrons. The van der Waals surface area contributed by atoms with Crippen molar-refractivity contribution in [2.75, 3.05) is 47.6 Å². The molecule has 0 saturated heterocycles. The Kier molecular flexibility index (Phi) is 10.9. The van der Waals surface area contributed by atoms with Crippen molar-refractivity contribution in [2.24, 2.45) is 5.16 Å². The molecule has 0 aromatic carbocycles. The summed E-state index contributed by atoms with van der Waals surface area (Å²) >= 11 is 1.63. The average molecular weight is 294 g/mol. The summed E-state index contributed by atoms with van der Waals surface area (Å²) in [4.78, 5) is 15.0. The lowest BCUT2D eigenvalue weighted by molar-refractivity contribution is -0.870. The zero-order chi connectivity index (χ0) is 15.5. The molecule has 0 fully saturated rings. The van der Waals surface area contributed by atoms with Crippen LogP contribution in [0.25, 0.3) is 0 Å². The van der Waals surface area contributed by atoms with Crippen LogP contribution >= 0.6 is 11.8 Å². The molecule has 19 heavy (non-hydrogen) atoms. The third-order valence-corrected chi connectivity index (χ3v) is 3.16. The van der Waals surface area contributed by atoms with E-state index < -0.39 is 6.09 Å². The Morgan fingerprint density at radius 3 is 2.26 bits per heavy atom. The van der Waals surface area contributed by atoms with Crippen molar-refractivity contribution >= 4 is 24.1 Å². The highest BCUT2D eigenvalue weighted by Crippen LogP contribution is 2.17. The molecule has 2 N–H and O–H groups in total. The molecule has 1 amide bonds. The van der Waals surface area contributed by atoms with Crippen molar-refractivity contribution in [3.63, 3.8) is 0 Å². The van der Waals surface area contributed by atoms with E-state index >= 15 is 0 Å². The standard InChI is InChI=1S/C7H14N2O2S.C5H14NO/c1-7(2,12-4)5-9-11-6(10)8-3;1-6(2,3)4-5-7/h5H,1-4H3,(H,8,10);7H,4-5H2,1-3H3/q;+1/b9-5+;. The third-order valence-electron chi connectivity index (χ3n) is 2.00. The average Bonchev–Trinajstić information content (AvgIpc) is 2.28. The second-order valence-corrected chi connectivity index (χ2v) is 6.87. The zero-order valence-electron chi connectivity index (χ0n) is 13.1. The van der Waals surface area contributed by atoms with Crippen LogP contribution in [-0.2, 0) is 4.84 Å². The van der Waals surface area contributed by atoms with Gasteiger partial charge in [0.15, 0.2) is 0 Å². The van der Waals surface area contributed by atoms with E-state index in [4.69, 9.17) is 5.11 Å². The first-order valence-corrected chi connectivity index (χ1v) is 7.20. The normalized spacial score (nSPS) is 11.8. The Hall–Kier alpha value is -0.790. The van der Waals surface area contributed by atoms with Crippen LogP contribution in [0.1, 0.15) is 13.8 Å². The van der Waals surface area contributed by atoms with E-state index in [1.54, 1.807) is 18.0 Å². The zero-order valence-corrected chi connectivity index (χ0v) is 13.9. The molecule has 0 bridgehead atoms. The maximum absolute atomic E-state index is 10.5. The molecular weight excluding hydrogens is 266 g/mol. The largest absolute Gasteiger partial charge is 0.433 e. The van der Waals surface area contributed by atoms with Gasteiger partial charge in [-0.3, -0.25) is 4.84 Å². The van der Waals surface area contributed by atoms with Crippen molar-refractivity contribution in [3.8, 4) is 0 Å². The second-order valence-electron chi connectivity index (χ2n) is 5.41. The lowest BCUT2D eigenvalue weighted by atomic mass is 10.2. The maximum Gasteiger partial charge on any atom is 0.433 e. The fraction of sp³-hybridized carbons (Fsp3) is 0.833. The van der Waals surface area contributed by atoms with Crippen LogP contribution in [0.5, 0.6) is 0 Å². The number of likely N-dealkylation sites (N-methyl/N-ethyl adjacent to an activating group) is 1.